The molecule has 2 aromatic rings. The maximum Gasteiger partial charge on any atom is 0.150 e. The Morgan fingerprint density at radius 3 is 2.67 bits per heavy atom. The molecule has 0 spiro atoms. The second-order valence-electron chi connectivity index (χ2n) is 2.98. The van der Waals surface area contributed by atoms with Crippen LogP contribution in [0.3, 0.4) is 0 Å². The van der Waals surface area contributed by atoms with Crippen molar-refractivity contribution in [3.8, 4) is 11.3 Å². The summed E-state index contributed by atoms with van der Waals surface area (Å²) >= 11 is 5.86. The topological polar surface area (TPSA) is 69.9 Å². The lowest BCUT2D eigenvalue weighted by Crippen LogP contribution is -2.10. The Morgan fingerprint density at radius 2 is 2.13 bits per heavy atom. The van der Waals surface area contributed by atoms with Crippen LogP contribution < -0.4 is 11.6 Å². The first-order valence-electron chi connectivity index (χ1n) is 4.13. The van der Waals surface area contributed by atoms with Crippen molar-refractivity contribution in [2.45, 2.75) is 0 Å². The highest BCUT2D eigenvalue weighted by Gasteiger charge is 2.15. The van der Waals surface area contributed by atoms with Gasteiger partial charge in [-0.2, -0.15) is 0 Å². The summed E-state index contributed by atoms with van der Waals surface area (Å²) in [5, 5.41) is 0.250. The standard InChI is InChI=1S/C9H8ClFN4/c10-5-2-1-3-6(11)7(5)8-9(12)15(13)4-14-8/h1-4H,12-13H2. The summed E-state index contributed by atoms with van der Waals surface area (Å²) in [6.45, 7) is 0. The lowest BCUT2D eigenvalue weighted by Gasteiger charge is -2.03. The molecule has 0 bridgehead atoms. The van der Waals surface area contributed by atoms with Crippen molar-refractivity contribution in [2.24, 2.45) is 0 Å². The predicted molar refractivity (Wildman–Crippen MR) is 57.2 cm³/mol. The summed E-state index contributed by atoms with van der Waals surface area (Å²) in [6, 6.07) is 4.36. The zero-order valence-electron chi connectivity index (χ0n) is 7.61. The normalized spacial score (nSPS) is 10.5. The van der Waals surface area contributed by atoms with Crippen LogP contribution in [-0.4, -0.2) is 9.66 Å². The first-order valence-corrected chi connectivity index (χ1v) is 4.51. The van der Waals surface area contributed by atoms with E-state index in [1.807, 2.05) is 0 Å². The zero-order chi connectivity index (χ0) is 11.0. The molecule has 0 saturated heterocycles. The molecule has 1 heterocycles. The number of nitrogen functional groups attached to an aromatic ring is 2. The fraction of sp³-hybridized carbons (Fsp3) is 0. The molecule has 0 atom stereocenters. The van der Waals surface area contributed by atoms with E-state index < -0.39 is 5.82 Å². The molecule has 15 heavy (non-hydrogen) atoms. The van der Waals surface area contributed by atoms with Crippen LogP contribution in [0.15, 0.2) is 24.5 Å². The van der Waals surface area contributed by atoms with Crippen LogP contribution in [-0.2, 0) is 0 Å². The van der Waals surface area contributed by atoms with Gasteiger partial charge in [0.15, 0.2) is 5.82 Å². The smallest absolute Gasteiger partial charge is 0.150 e. The van der Waals surface area contributed by atoms with E-state index >= 15 is 0 Å². The maximum absolute atomic E-state index is 13.5. The average Bonchev–Trinajstić information content (AvgIpc) is 2.49. The number of anilines is 1. The quantitative estimate of drug-likeness (QED) is 0.727. The number of halogens is 2. The Morgan fingerprint density at radius 1 is 1.40 bits per heavy atom. The molecule has 2 rings (SSSR count). The largest absolute Gasteiger partial charge is 0.382 e. The molecule has 0 aliphatic heterocycles. The number of nitrogens with two attached hydrogens (primary N) is 2. The van der Waals surface area contributed by atoms with Gasteiger partial charge in [0.2, 0.25) is 0 Å². The van der Waals surface area contributed by atoms with E-state index in [4.69, 9.17) is 23.2 Å². The van der Waals surface area contributed by atoms with Crippen LogP contribution in [0, 0.1) is 5.82 Å². The van der Waals surface area contributed by atoms with Gasteiger partial charge in [-0.25, -0.2) is 14.1 Å². The lowest BCUT2D eigenvalue weighted by atomic mass is 10.1. The third kappa shape index (κ3) is 1.50. The highest BCUT2D eigenvalue weighted by molar-refractivity contribution is 6.33. The van der Waals surface area contributed by atoms with Gasteiger partial charge in [-0.15, -0.1) is 0 Å². The number of hydrogen-bond acceptors (Lipinski definition) is 3. The third-order valence-electron chi connectivity index (χ3n) is 2.03. The van der Waals surface area contributed by atoms with Crippen LogP contribution in [0.25, 0.3) is 11.3 Å². The van der Waals surface area contributed by atoms with E-state index in [0.717, 1.165) is 4.68 Å². The van der Waals surface area contributed by atoms with Crippen molar-refractivity contribution < 1.29 is 4.39 Å². The molecule has 0 aliphatic carbocycles. The van der Waals surface area contributed by atoms with Gasteiger partial charge in [-0.05, 0) is 12.1 Å². The molecule has 0 fully saturated rings. The van der Waals surface area contributed by atoms with E-state index in [1.54, 1.807) is 6.07 Å². The van der Waals surface area contributed by atoms with Crippen molar-refractivity contribution in [2.75, 3.05) is 11.6 Å². The van der Waals surface area contributed by atoms with Crippen LogP contribution >= 0.6 is 11.6 Å². The summed E-state index contributed by atoms with van der Waals surface area (Å²) in [7, 11) is 0. The van der Waals surface area contributed by atoms with Gasteiger partial charge in [-0.1, -0.05) is 17.7 Å². The third-order valence-corrected chi connectivity index (χ3v) is 2.35. The minimum atomic E-state index is -0.479. The van der Waals surface area contributed by atoms with Gasteiger partial charge in [-0.3, -0.25) is 0 Å². The summed E-state index contributed by atoms with van der Waals surface area (Å²) in [6.07, 6.45) is 1.30. The number of benzene rings is 1. The first-order chi connectivity index (χ1) is 7.11. The zero-order valence-corrected chi connectivity index (χ0v) is 8.37. The molecule has 6 heteroatoms. The van der Waals surface area contributed by atoms with E-state index in [9.17, 15) is 4.39 Å². The first kappa shape index (κ1) is 9.79. The molecule has 1 aromatic heterocycles. The molecular formula is C9H8ClFN4. The highest BCUT2D eigenvalue weighted by atomic mass is 35.5. The fourth-order valence-corrected chi connectivity index (χ4v) is 1.54. The molecule has 4 N–H and O–H groups in total. The Hall–Kier alpha value is -1.75. The van der Waals surface area contributed by atoms with Gasteiger partial charge in [0.1, 0.15) is 17.8 Å². The van der Waals surface area contributed by atoms with Gasteiger partial charge in [0, 0.05) is 0 Å². The molecule has 0 saturated carbocycles. The summed E-state index contributed by atoms with van der Waals surface area (Å²) in [5.74, 6) is 5.13. The molecular weight excluding hydrogens is 219 g/mol. The van der Waals surface area contributed by atoms with Crippen LogP contribution in [0.2, 0.25) is 5.02 Å². The second-order valence-corrected chi connectivity index (χ2v) is 3.39. The van der Waals surface area contributed by atoms with Crippen molar-refractivity contribution in [3.63, 3.8) is 0 Å². The van der Waals surface area contributed by atoms with Crippen molar-refractivity contribution in [1.82, 2.24) is 9.66 Å². The van der Waals surface area contributed by atoms with Gasteiger partial charge < -0.3 is 11.6 Å². The van der Waals surface area contributed by atoms with E-state index in [2.05, 4.69) is 4.98 Å². The SMILES string of the molecule is Nc1c(-c2c(F)cccc2Cl)ncn1N. The summed E-state index contributed by atoms with van der Waals surface area (Å²) in [5.41, 5.74) is 6.04. The Kier molecular flexibility index (Phi) is 2.24. The van der Waals surface area contributed by atoms with E-state index in [0.29, 0.717) is 0 Å². The Labute approximate surface area is 90.2 Å². The lowest BCUT2D eigenvalue weighted by molar-refractivity contribution is 0.631. The van der Waals surface area contributed by atoms with E-state index in [-0.39, 0.29) is 22.1 Å². The minimum absolute atomic E-state index is 0.167. The van der Waals surface area contributed by atoms with Gasteiger partial charge >= 0.3 is 0 Å². The van der Waals surface area contributed by atoms with Gasteiger partial charge in [0.05, 0.1) is 10.6 Å². The van der Waals surface area contributed by atoms with Crippen molar-refractivity contribution in [3.05, 3.63) is 35.4 Å². The van der Waals surface area contributed by atoms with Crippen molar-refractivity contribution in [1.29, 1.82) is 0 Å². The predicted octanol–water partition coefficient (Wildman–Crippen LogP) is 1.64. The monoisotopic (exact) mass is 226 g/mol. The number of rotatable bonds is 1. The Balaban J connectivity index is 2.69. The second kappa shape index (κ2) is 3.43. The van der Waals surface area contributed by atoms with Crippen LogP contribution in [0.1, 0.15) is 0 Å². The highest BCUT2D eigenvalue weighted by Crippen LogP contribution is 2.32. The molecule has 1 aromatic carbocycles. The molecule has 78 valence electrons. The molecule has 4 nitrogen and oxygen atoms in total. The number of aromatic nitrogens is 2. The molecule has 0 radical (unpaired) electrons. The average molecular weight is 227 g/mol. The van der Waals surface area contributed by atoms with E-state index in [1.165, 1.54) is 18.5 Å². The van der Waals surface area contributed by atoms with Crippen LogP contribution in [0.4, 0.5) is 10.2 Å². The van der Waals surface area contributed by atoms with Crippen LogP contribution in [0.5, 0.6) is 0 Å². The van der Waals surface area contributed by atoms with Gasteiger partial charge in [0.25, 0.3) is 0 Å². The summed E-state index contributed by atoms with van der Waals surface area (Å²) < 4.78 is 14.6. The minimum Gasteiger partial charge on any atom is -0.382 e. The number of hydrogen-bond donors (Lipinski definition) is 2. The molecule has 0 unspecified atom stereocenters. The maximum atomic E-state index is 13.5. The summed E-state index contributed by atoms with van der Waals surface area (Å²) in [4.78, 5) is 3.90. The number of imidazole rings is 1. The molecule has 0 amide bonds. The van der Waals surface area contributed by atoms with Crippen molar-refractivity contribution >= 4 is 17.4 Å². The number of nitrogens with zero attached hydrogens (tertiary/aromatic N) is 2. The fourth-order valence-electron chi connectivity index (χ4n) is 1.29. The molecule has 0 aliphatic rings. The Bertz CT molecular complexity index is 489.